The highest BCUT2D eigenvalue weighted by Crippen LogP contribution is 2.45. The number of anilines is 1. The van der Waals surface area contributed by atoms with Crippen LogP contribution in [0.3, 0.4) is 0 Å². The number of carbonyl (C=O) groups excluding carboxylic acids is 2. The van der Waals surface area contributed by atoms with E-state index in [9.17, 15) is 14.4 Å². The van der Waals surface area contributed by atoms with Crippen LogP contribution in [0.25, 0.3) is 0 Å². The van der Waals surface area contributed by atoms with Crippen LogP contribution in [-0.4, -0.2) is 41.3 Å². The molecule has 0 aromatic carbocycles. The molecule has 2 rings (SSSR count). The summed E-state index contributed by atoms with van der Waals surface area (Å²) in [6.45, 7) is 15.6. The van der Waals surface area contributed by atoms with Crippen molar-refractivity contribution < 1.29 is 14.3 Å². The Kier molecular flexibility index (Phi) is 21.5. The van der Waals surface area contributed by atoms with E-state index in [1.807, 2.05) is 0 Å². The number of aromatic amines is 1. The Labute approximate surface area is 311 Å². The molecule has 9 nitrogen and oxygen atoms in total. The first kappa shape index (κ1) is 44.6. The summed E-state index contributed by atoms with van der Waals surface area (Å²) in [6, 6.07) is -0.457. The number of aryl methyl sites for hydroxylation is 1. The Hall–Kier alpha value is -2.58. The van der Waals surface area contributed by atoms with E-state index >= 15 is 0 Å². The molecule has 0 radical (unpaired) electrons. The highest BCUT2D eigenvalue weighted by molar-refractivity contribution is 5.87. The molecule has 1 fully saturated rings. The van der Waals surface area contributed by atoms with Crippen LogP contribution in [0.4, 0.5) is 15.5 Å². The second-order valence-corrected chi connectivity index (χ2v) is 17.0. The molecule has 0 spiro atoms. The Bertz CT molecular complexity index is 1180. The van der Waals surface area contributed by atoms with Gasteiger partial charge in [0, 0.05) is 23.8 Å². The summed E-state index contributed by atoms with van der Waals surface area (Å²) < 4.78 is 5.93. The van der Waals surface area contributed by atoms with E-state index in [1.165, 1.54) is 116 Å². The van der Waals surface area contributed by atoms with E-state index in [-0.39, 0.29) is 34.5 Å². The third-order valence-electron chi connectivity index (χ3n) is 11.0. The first-order valence-corrected chi connectivity index (χ1v) is 20.9. The summed E-state index contributed by atoms with van der Waals surface area (Å²) in [7, 11) is 0. The highest BCUT2D eigenvalue weighted by Gasteiger charge is 2.42. The van der Waals surface area contributed by atoms with Gasteiger partial charge in [0.1, 0.15) is 0 Å². The normalized spacial score (nSPS) is 19.0. The van der Waals surface area contributed by atoms with Crippen LogP contribution >= 0.6 is 0 Å². The third-order valence-corrected chi connectivity index (χ3v) is 11.0. The smallest absolute Gasteiger partial charge is 0.407 e. The van der Waals surface area contributed by atoms with Gasteiger partial charge in [-0.25, -0.2) is 9.59 Å². The number of alkyl carbamates (subject to hydrolysis) is 1. The number of urea groups is 1. The fourth-order valence-electron chi connectivity index (χ4n) is 8.22. The SMILES string of the molecule is CCCCCCCCCCCCC(CCCCCCCCCC)COC(=O)NC1CC(C)(C)CC(C)(CNC(=O)Nc2nc(=O)c(C)c(C)[nH]2)C1. The average molecular weight is 716 g/mol. The van der Waals surface area contributed by atoms with Crippen LogP contribution < -0.4 is 21.5 Å². The van der Waals surface area contributed by atoms with Crippen LogP contribution in [0.1, 0.15) is 194 Å². The van der Waals surface area contributed by atoms with Crippen LogP contribution in [0, 0.1) is 30.6 Å². The molecule has 1 aliphatic rings. The van der Waals surface area contributed by atoms with Crippen LogP contribution in [0.15, 0.2) is 4.79 Å². The van der Waals surface area contributed by atoms with Gasteiger partial charge < -0.3 is 20.4 Å². The van der Waals surface area contributed by atoms with Crippen molar-refractivity contribution in [1.82, 2.24) is 20.6 Å². The summed E-state index contributed by atoms with van der Waals surface area (Å²) in [5.74, 6) is 0.549. The number of hydrogen-bond acceptors (Lipinski definition) is 5. The third kappa shape index (κ3) is 19.7. The maximum Gasteiger partial charge on any atom is 0.407 e. The predicted octanol–water partition coefficient (Wildman–Crippen LogP) is 11.3. The monoisotopic (exact) mass is 716 g/mol. The molecular formula is C42H77N5O4. The molecule has 4 N–H and O–H groups in total. The largest absolute Gasteiger partial charge is 0.449 e. The molecule has 3 unspecified atom stereocenters. The van der Waals surface area contributed by atoms with Crippen molar-refractivity contribution in [1.29, 1.82) is 0 Å². The fraction of sp³-hybridized carbons (Fsp3) is 0.857. The fourth-order valence-corrected chi connectivity index (χ4v) is 8.22. The number of H-pyrrole nitrogens is 1. The zero-order valence-corrected chi connectivity index (χ0v) is 33.9. The van der Waals surface area contributed by atoms with E-state index in [4.69, 9.17) is 4.74 Å². The van der Waals surface area contributed by atoms with E-state index in [0.29, 0.717) is 30.3 Å². The summed E-state index contributed by atoms with van der Waals surface area (Å²) >= 11 is 0. The molecular weight excluding hydrogens is 638 g/mol. The standard InChI is InChI=1S/C42H77N5O4/c1-8-10-12-14-16-18-19-21-23-25-27-35(26-24-22-20-17-15-13-11-9-2)30-51-40(50)45-36-28-41(5,6)31-42(7,29-36)32-43-39(49)47-38-44-34(4)33(3)37(48)46-38/h35-36H,8-32H2,1-7H3,(H,45,50)(H3,43,44,46,47,48,49). The number of unbranched alkanes of at least 4 members (excludes halogenated alkanes) is 16. The van der Waals surface area contributed by atoms with E-state index < -0.39 is 6.03 Å². The number of ether oxygens (including phenoxy) is 1. The number of rotatable bonds is 26. The highest BCUT2D eigenvalue weighted by atomic mass is 16.5. The van der Waals surface area contributed by atoms with Crippen molar-refractivity contribution in [2.45, 2.75) is 202 Å². The van der Waals surface area contributed by atoms with Gasteiger partial charge in [-0.3, -0.25) is 10.1 Å². The van der Waals surface area contributed by atoms with Gasteiger partial charge in [-0.2, -0.15) is 4.98 Å². The molecule has 3 atom stereocenters. The first-order valence-electron chi connectivity index (χ1n) is 20.9. The molecule has 3 amide bonds. The Morgan fingerprint density at radius 2 is 1.31 bits per heavy atom. The zero-order chi connectivity index (χ0) is 37.5. The summed E-state index contributed by atoms with van der Waals surface area (Å²) in [5.41, 5.74) is 0.601. The Morgan fingerprint density at radius 3 is 1.82 bits per heavy atom. The Morgan fingerprint density at radius 1 is 0.804 bits per heavy atom. The molecule has 1 aromatic rings. The lowest BCUT2D eigenvalue weighted by Crippen LogP contribution is -2.51. The molecule has 9 heteroatoms. The molecule has 0 aliphatic heterocycles. The molecule has 0 bridgehead atoms. The number of carbonyl (C=O) groups is 2. The van der Waals surface area contributed by atoms with Crippen molar-refractivity contribution in [2.24, 2.45) is 16.7 Å². The van der Waals surface area contributed by atoms with Gasteiger partial charge >= 0.3 is 12.1 Å². The van der Waals surface area contributed by atoms with Crippen molar-refractivity contribution in [3.05, 3.63) is 21.6 Å². The zero-order valence-electron chi connectivity index (χ0n) is 33.9. The van der Waals surface area contributed by atoms with E-state index in [1.54, 1.807) is 13.8 Å². The minimum Gasteiger partial charge on any atom is -0.449 e. The van der Waals surface area contributed by atoms with Gasteiger partial charge in [-0.15, -0.1) is 0 Å². The maximum absolute atomic E-state index is 13.2. The lowest BCUT2D eigenvalue weighted by molar-refractivity contribution is 0.0635. The first-order chi connectivity index (χ1) is 24.4. The van der Waals surface area contributed by atoms with Crippen molar-refractivity contribution in [3.63, 3.8) is 0 Å². The number of amides is 3. The second kappa shape index (κ2) is 24.6. The molecule has 1 heterocycles. The van der Waals surface area contributed by atoms with Gasteiger partial charge in [0.25, 0.3) is 5.56 Å². The van der Waals surface area contributed by atoms with Crippen molar-refractivity contribution in [2.75, 3.05) is 18.5 Å². The molecule has 294 valence electrons. The molecule has 1 aromatic heterocycles. The second-order valence-electron chi connectivity index (χ2n) is 17.0. The predicted molar refractivity (Wildman–Crippen MR) is 213 cm³/mol. The average Bonchev–Trinajstić information content (AvgIpc) is 3.06. The Balaban J connectivity index is 1.83. The summed E-state index contributed by atoms with van der Waals surface area (Å²) in [6.07, 6.45) is 28.3. The van der Waals surface area contributed by atoms with Crippen molar-refractivity contribution >= 4 is 18.1 Å². The van der Waals surface area contributed by atoms with Crippen LogP contribution in [0.5, 0.6) is 0 Å². The summed E-state index contributed by atoms with van der Waals surface area (Å²) in [4.78, 5) is 44.9. The topological polar surface area (TPSA) is 125 Å². The molecule has 51 heavy (non-hydrogen) atoms. The number of nitrogens with one attached hydrogen (secondary N) is 4. The van der Waals surface area contributed by atoms with Crippen LogP contribution in [-0.2, 0) is 4.74 Å². The molecule has 1 saturated carbocycles. The quantitative estimate of drug-likeness (QED) is 0.0711. The van der Waals surface area contributed by atoms with Gasteiger partial charge in [-0.05, 0) is 62.7 Å². The maximum atomic E-state index is 13.2. The van der Waals surface area contributed by atoms with Gasteiger partial charge in [0.2, 0.25) is 5.95 Å². The van der Waals surface area contributed by atoms with Crippen LogP contribution in [0.2, 0.25) is 0 Å². The van der Waals surface area contributed by atoms with Crippen molar-refractivity contribution in [3.8, 4) is 0 Å². The number of hydrogen-bond donors (Lipinski definition) is 4. The lowest BCUT2D eigenvalue weighted by Gasteiger charge is -2.46. The molecule has 1 aliphatic carbocycles. The number of nitrogens with zero attached hydrogens (tertiary/aromatic N) is 1. The minimum absolute atomic E-state index is 0.0153. The summed E-state index contributed by atoms with van der Waals surface area (Å²) in [5, 5.41) is 8.84. The molecule has 0 saturated heterocycles. The number of aromatic nitrogens is 2. The van der Waals surface area contributed by atoms with Gasteiger partial charge in [0.05, 0.1) is 6.61 Å². The minimum atomic E-state index is -0.417. The lowest BCUT2D eigenvalue weighted by atomic mass is 9.62. The van der Waals surface area contributed by atoms with E-state index in [2.05, 4.69) is 60.5 Å². The van der Waals surface area contributed by atoms with Gasteiger partial charge in [0.15, 0.2) is 0 Å². The van der Waals surface area contributed by atoms with Gasteiger partial charge in [-0.1, -0.05) is 150 Å². The van der Waals surface area contributed by atoms with E-state index in [0.717, 1.165) is 32.1 Å².